The molecule has 1 saturated carbocycles. The Bertz CT molecular complexity index is 952. The van der Waals surface area contributed by atoms with Crippen molar-refractivity contribution in [1.82, 2.24) is 14.9 Å². The number of nitrogens with zero attached hydrogens (tertiary/aromatic N) is 4. The van der Waals surface area contributed by atoms with Crippen LogP contribution in [0.2, 0.25) is 0 Å². The van der Waals surface area contributed by atoms with Gasteiger partial charge in [-0.25, -0.2) is 9.97 Å². The lowest BCUT2D eigenvalue weighted by Crippen LogP contribution is -2.42. The molecule has 0 radical (unpaired) electrons. The molecule has 6 nitrogen and oxygen atoms in total. The van der Waals surface area contributed by atoms with Gasteiger partial charge in [0.25, 0.3) is 5.91 Å². The van der Waals surface area contributed by atoms with Crippen LogP contribution >= 0.6 is 0 Å². The molecule has 146 valence electrons. The van der Waals surface area contributed by atoms with Gasteiger partial charge in [-0.05, 0) is 44.2 Å². The summed E-state index contributed by atoms with van der Waals surface area (Å²) in [7, 11) is 0. The number of rotatable bonds is 2. The molecule has 3 aliphatic rings. The Hall–Kier alpha value is -2.47. The normalized spacial score (nSPS) is 22.5. The van der Waals surface area contributed by atoms with E-state index < -0.39 is 0 Å². The smallest absolute Gasteiger partial charge is 0.292 e. The summed E-state index contributed by atoms with van der Waals surface area (Å²) < 4.78 is 0. The van der Waals surface area contributed by atoms with E-state index in [0.717, 1.165) is 56.0 Å². The number of aryl methyl sites for hydroxylation is 1. The maximum Gasteiger partial charge on any atom is 0.292 e. The molecular weight excluding hydrogens is 350 g/mol. The number of fused-ring (bicyclic) bond motifs is 2. The number of anilines is 1. The predicted molar refractivity (Wildman–Crippen MR) is 108 cm³/mol. The third kappa shape index (κ3) is 2.78. The summed E-state index contributed by atoms with van der Waals surface area (Å²) in [5.41, 5.74) is 10.8. The van der Waals surface area contributed by atoms with Crippen molar-refractivity contribution in [2.24, 2.45) is 5.73 Å². The van der Waals surface area contributed by atoms with Crippen LogP contribution in [0, 0.1) is 13.8 Å². The van der Waals surface area contributed by atoms with Gasteiger partial charge in [0.15, 0.2) is 0 Å². The lowest BCUT2D eigenvalue weighted by Gasteiger charge is -2.35. The summed E-state index contributed by atoms with van der Waals surface area (Å²) in [6.07, 6.45) is 3.26. The molecule has 2 aromatic rings. The highest BCUT2D eigenvalue weighted by molar-refractivity contribution is 5.91. The SMILES string of the molecule is Cc1nc(C(=O)N2Cc3ccccc3C3(CC3)C2)nc(N2CC[C@@H](N)C2)c1C. The van der Waals surface area contributed by atoms with Crippen LogP contribution in [-0.4, -0.2) is 46.5 Å². The van der Waals surface area contributed by atoms with E-state index >= 15 is 0 Å². The van der Waals surface area contributed by atoms with Crippen LogP contribution in [-0.2, 0) is 12.0 Å². The zero-order chi connectivity index (χ0) is 19.5. The quantitative estimate of drug-likeness (QED) is 0.869. The molecule has 1 saturated heterocycles. The highest BCUT2D eigenvalue weighted by Crippen LogP contribution is 2.52. The number of carbonyl (C=O) groups is 1. The second kappa shape index (κ2) is 6.27. The zero-order valence-corrected chi connectivity index (χ0v) is 16.6. The molecule has 2 fully saturated rings. The summed E-state index contributed by atoms with van der Waals surface area (Å²) in [6, 6.07) is 8.71. The number of hydrogen-bond donors (Lipinski definition) is 1. The molecular formula is C22H27N5O. The minimum Gasteiger partial charge on any atom is -0.355 e. The standard InChI is InChI=1S/C22H27N5O/c1-14-15(2)24-19(25-20(14)26-10-7-17(23)12-26)21(28)27-11-16-5-3-4-6-18(16)22(13-27)8-9-22/h3-6,17H,7-13,23H2,1-2H3/t17-/m1/s1. The van der Waals surface area contributed by atoms with Crippen molar-refractivity contribution < 1.29 is 4.79 Å². The fourth-order valence-electron chi connectivity index (χ4n) is 4.75. The third-order valence-electron chi connectivity index (χ3n) is 6.66. The Morgan fingerprint density at radius 3 is 2.71 bits per heavy atom. The van der Waals surface area contributed by atoms with Gasteiger partial charge in [-0.1, -0.05) is 24.3 Å². The molecule has 0 bridgehead atoms. The van der Waals surface area contributed by atoms with E-state index in [2.05, 4.69) is 34.1 Å². The lowest BCUT2D eigenvalue weighted by molar-refractivity contribution is 0.0696. The van der Waals surface area contributed by atoms with Crippen molar-refractivity contribution >= 4 is 11.7 Å². The van der Waals surface area contributed by atoms with Gasteiger partial charge >= 0.3 is 0 Å². The number of benzene rings is 1. The molecule has 1 spiro atoms. The average Bonchev–Trinajstić information content (AvgIpc) is 3.33. The van der Waals surface area contributed by atoms with Crippen LogP contribution in [0.15, 0.2) is 24.3 Å². The number of carbonyl (C=O) groups excluding carboxylic acids is 1. The van der Waals surface area contributed by atoms with Crippen molar-refractivity contribution in [3.05, 3.63) is 52.5 Å². The molecule has 2 N–H and O–H groups in total. The Kier molecular flexibility index (Phi) is 3.95. The summed E-state index contributed by atoms with van der Waals surface area (Å²) in [4.78, 5) is 26.8. The Morgan fingerprint density at radius 2 is 2.00 bits per heavy atom. The molecule has 2 aliphatic heterocycles. The molecule has 3 heterocycles. The van der Waals surface area contributed by atoms with Crippen LogP contribution < -0.4 is 10.6 Å². The van der Waals surface area contributed by atoms with Crippen molar-refractivity contribution in [2.45, 2.75) is 51.1 Å². The first-order valence-corrected chi connectivity index (χ1v) is 10.2. The molecule has 1 aliphatic carbocycles. The van der Waals surface area contributed by atoms with Gasteiger partial charge in [-0.15, -0.1) is 0 Å². The van der Waals surface area contributed by atoms with Crippen LogP contribution in [0.3, 0.4) is 0 Å². The minimum absolute atomic E-state index is 0.0615. The van der Waals surface area contributed by atoms with E-state index in [1.165, 1.54) is 11.1 Å². The zero-order valence-electron chi connectivity index (χ0n) is 16.6. The summed E-state index contributed by atoms with van der Waals surface area (Å²) >= 11 is 0. The molecule has 1 amide bonds. The van der Waals surface area contributed by atoms with Gasteiger partial charge in [0.2, 0.25) is 5.82 Å². The Balaban J connectivity index is 1.47. The second-order valence-electron chi connectivity index (χ2n) is 8.67. The lowest BCUT2D eigenvalue weighted by atomic mass is 9.87. The van der Waals surface area contributed by atoms with E-state index in [4.69, 9.17) is 10.7 Å². The minimum atomic E-state index is -0.0615. The second-order valence-corrected chi connectivity index (χ2v) is 8.67. The van der Waals surface area contributed by atoms with Gasteiger partial charge in [0.1, 0.15) is 5.82 Å². The van der Waals surface area contributed by atoms with Crippen molar-refractivity contribution in [2.75, 3.05) is 24.5 Å². The first-order valence-electron chi connectivity index (χ1n) is 10.2. The fourth-order valence-corrected chi connectivity index (χ4v) is 4.75. The van der Waals surface area contributed by atoms with Crippen LogP contribution in [0.5, 0.6) is 0 Å². The van der Waals surface area contributed by atoms with Crippen LogP contribution in [0.1, 0.15) is 52.3 Å². The first-order chi connectivity index (χ1) is 13.5. The predicted octanol–water partition coefficient (Wildman–Crippen LogP) is 2.32. The fraction of sp³-hybridized carbons (Fsp3) is 0.500. The molecule has 1 atom stereocenters. The van der Waals surface area contributed by atoms with Gasteiger partial charge in [0, 0.05) is 48.9 Å². The summed E-state index contributed by atoms with van der Waals surface area (Å²) in [6.45, 7) is 7.05. The van der Waals surface area contributed by atoms with Gasteiger partial charge in [0.05, 0.1) is 0 Å². The van der Waals surface area contributed by atoms with Gasteiger partial charge < -0.3 is 15.5 Å². The Morgan fingerprint density at radius 1 is 1.21 bits per heavy atom. The molecule has 28 heavy (non-hydrogen) atoms. The maximum atomic E-state index is 13.4. The number of amides is 1. The van der Waals surface area contributed by atoms with E-state index in [1.54, 1.807) is 0 Å². The molecule has 1 aromatic carbocycles. The number of aromatic nitrogens is 2. The number of nitrogens with two attached hydrogens (primary N) is 1. The van der Waals surface area contributed by atoms with E-state index in [1.807, 2.05) is 18.7 Å². The summed E-state index contributed by atoms with van der Waals surface area (Å²) in [5.74, 6) is 1.12. The van der Waals surface area contributed by atoms with E-state index in [9.17, 15) is 4.79 Å². The number of hydrogen-bond acceptors (Lipinski definition) is 5. The maximum absolute atomic E-state index is 13.4. The molecule has 5 rings (SSSR count). The van der Waals surface area contributed by atoms with Gasteiger partial charge in [-0.3, -0.25) is 4.79 Å². The monoisotopic (exact) mass is 377 g/mol. The van der Waals surface area contributed by atoms with Crippen LogP contribution in [0.25, 0.3) is 0 Å². The highest BCUT2D eigenvalue weighted by Gasteiger charge is 2.50. The summed E-state index contributed by atoms with van der Waals surface area (Å²) in [5, 5.41) is 0. The highest BCUT2D eigenvalue weighted by atomic mass is 16.2. The average molecular weight is 377 g/mol. The van der Waals surface area contributed by atoms with Crippen molar-refractivity contribution in [3.63, 3.8) is 0 Å². The third-order valence-corrected chi connectivity index (χ3v) is 6.66. The van der Waals surface area contributed by atoms with E-state index in [0.29, 0.717) is 12.4 Å². The van der Waals surface area contributed by atoms with E-state index in [-0.39, 0.29) is 17.4 Å². The van der Waals surface area contributed by atoms with Gasteiger partial charge in [-0.2, -0.15) is 0 Å². The van der Waals surface area contributed by atoms with Crippen molar-refractivity contribution in [1.29, 1.82) is 0 Å². The molecule has 0 unspecified atom stereocenters. The largest absolute Gasteiger partial charge is 0.355 e. The molecule has 6 heteroatoms. The first kappa shape index (κ1) is 17.6. The van der Waals surface area contributed by atoms with Crippen molar-refractivity contribution in [3.8, 4) is 0 Å². The Labute approximate surface area is 165 Å². The topological polar surface area (TPSA) is 75.4 Å². The van der Waals surface area contributed by atoms with Crippen LogP contribution in [0.4, 0.5) is 5.82 Å². The molecule has 1 aromatic heterocycles.